The predicted octanol–water partition coefficient (Wildman–Crippen LogP) is 7.29. The summed E-state index contributed by atoms with van der Waals surface area (Å²) in [4.78, 5) is 17.0. The smallest absolute Gasteiger partial charge is 0.147 e. The molecule has 0 aliphatic heterocycles. The van der Waals surface area contributed by atoms with Gasteiger partial charge in [0.1, 0.15) is 5.78 Å². The molecule has 38 heavy (non-hydrogen) atoms. The van der Waals surface area contributed by atoms with Crippen LogP contribution in [0.5, 0.6) is 0 Å². The van der Waals surface area contributed by atoms with Gasteiger partial charge in [0.05, 0.1) is 18.5 Å². The number of hydrogen-bond acceptors (Lipinski definition) is 5. The molecule has 0 heterocycles. The van der Waals surface area contributed by atoms with Crippen LogP contribution in [0.3, 0.4) is 0 Å². The summed E-state index contributed by atoms with van der Waals surface area (Å²) in [6.45, 7) is 16.7. The van der Waals surface area contributed by atoms with E-state index < -0.39 is 0 Å². The maximum absolute atomic E-state index is 13.7. The fraction of sp³-hybridized carbons (Fsp3) is 0.545. The van der Waals surface area contributed by atoms with Crippen molar-refractivity contribution in [3.05, 3.63) is 65.2 Å². The monoisotopic (exact) mass is 537 g/mol. The van der Waals surface area contributed by atoms with Crippen molar-refractivity contribution in [1.29, 1.82) is 0 Å². The lowest BCUT2D eigenvalue weighted by molar-refractivity contribution is -0.125. The van der Waals surface area contributed by atoms with Crippen molar-refractivity contribution in [2.75, 3.05) is 31.2 Å². The Bertz CT molecular complexity index is 1070. The zero-order valence-electron chi connectivity index (χ0n) is 24.3. The number of anilines is 1. The third-order valence-electron chi connectivity index (χ3n) is 7.61. The summed E-state index contributed by atoms with van der Waals surface area (Å²) in [5, 5.41) is 18.6. The molecule has 4 nitrogen and oxygen atoms in total. The Balaban J connectivity index is 1.96. The number of carbonyl (C=O) groups excluding carboxylic acids is 1. The van der Waals surface area contributed by atoms with Gasteiger partial charge in [0, 0.05) is 35.5 Å². The van der Waals surface area contributed by atoms with E-state index in [-0.39, 0.29) is 29.3 Å². The van der Waals surface area contributed by atoms with Crippen LogP contribution in [0.4, 0.5) is 5.69 Å². The van der Waals surface area contributed by atoms with Crippen LogP contribution in [-0.2, 0) is 4.79 Å². The number of rotatable bonds is 11. The highest BCUT2D eigenvalue weighted by Crippen LogP contribution is 2.53. The van der Waals surface area contributed by atoms with Crippen LogP contribution >= 0.6 is 11.8 Å². The highest BCUT2D eigenvalue weighted by atomic mass is 32.2. The van der Waals surface area contributed by atoms with E-state index in [9.17, 15) is 15.0 Å². The second-order valence-electron chi connectivity index (χ2n) is 12.4. The van der Waals surface area contributed by atoms with Crippen molar-refractivity contribution in [3.63, 3.8) is 0 Å². The summed E-state index contributed by atoms with van der Waals surface area (Å²) < 4.78 is 0. The lowest BCUT2D eigenvalue weighted by atomic mass is 9.63. The van der Waals surface area contributed by atoms with E-state index in [1.54, 1.807) is 11.8 Å². The number of benzene rings is 2. The van der Waals surface area contributed by atoms with Gasteiger partial charge < -0.3 is 15.1 Å². The molecule has 1 saturated carbocycles. The number of ketones is 1. The molecule has 1 fully saturated rings. The van der Waals surface area contributed by atoms with Crippen molar-refractivity contribution in [2.45, 2.75) is 83.3 Å². The van der Waals surface area contributed by atoms with Gasteiger partial charge in [0.15, 0.2) is 0 Å². The van der Waals surface area contributed by atoms with Crippen molar-refractivity contribution < 1.29 is 15.0 Å². The number of aliphatic hydroxyl groups excluding tert-OH is 2. The number of thioether (sulfide) groups is 1. The van der Waals surface area contributed by atoms with Crippen LogP contribution < -0.4 is 4.90 Å². The lowest BCUT2D eigenvalue weighted by Crippen LogP contribution is -2.45. The third-order valence-corrected chi connectivity index (χ3v) is 9.36. The van der Waals surface area contributed by atoms with Gasteiger partial charge in [-0.05, 0) is 52.5 Å². The SMILES string of the molecule is CC(C)c1cccc(C(C)C)c1SC1C(=O)CC(C)(C)CC1(C)/C=C/c1ccc(N(CCO)CCO)cc1. The van der Waals surface area contributed by atoms with Crippen molar-refractivity contribution in [2.24, 2.45) is 10.8 Å². The molecule has 0 spiro atoms. The molecule has 0 aromatic heterocycles. The van der Waals surface area contributed by atoms with Crippen LogP contribution in [0.1, 0.15) is 89.8 Å². The summed E-state index contributed by atoms with van der Waals surface area (Å²) in [7, 11) is 0. The quantitative estimate of drug-likeness (QED) is 0.315. The first-order valence-electron chi connectivity index (χ1n) is 14.0. The molecular formula is C33H47NO3S. The molecule has 1 aliphatic rings. The Morgan fingerprint density at radius 1 is 0.947 bits per heavy atom. The Kier molecular flexibility index (Phi) is 10.3. The zero-order valence-corrected chi connectivity index (χ0v) is 25.1. The fourth-order valence-corrected chi connectivity index (χ4v) is 7.66. The average molecular weight is 538 g/mol. The molecule has 2 N–H and O–H groups in total. The standard InChI is InChI=1S/C33H47NO3S/c1-23(2)27-9-8-10-28(24(3)4)30(27)38-31-29(37)21-32(5,6)22-33(31,7)16-15-25-11-13-26(14-12-25)34(17-19-35)18-20-36/h8-16,23-24,31,35-36H,17-22H2,1-7H3/b16-15+. The lowest BCUT2D eigenvalue weighted by Gasteiger charge is -2.46. The first kappa shape index (κ1) is 30.5. The van der Waals surface area contributed by atoms with Gasteiger partial charge in [-0.2, -0.15) is 0 Å². The van der Waals surface area contributed by atoms with Gasteiger partial charge in [0.2, 0.25) is 0 Å². The van der Waals surface area contributed by atoms with Crippen molar-refractivity contribution >= 4 is 29.3 Å². The van der Waals surface area contributed by atoms with Gasteiger partial charge >= 0.3 is 0 Å². The molecule has 1 aliphatic carbocycles. The summed E-state index contributed by atoms with van der Waals surface area (Å²) in [5.74, 6) is 1.12. The number of aliphatic hydroxyl groups is 2. The summed E-state index contributed by atoms with van der Waals surface area (Å²) in [6.07, 6.45) is 5.98. The van der Waals surface area contributed by atoms with Gasteiger partial charge in [-0.25, -0.2) is 0 Å². The average Bonchev–Trinajstić information content (AvgIpc) is 2.84. The van der Waals surface area contributed by atoms with Crippen molar-refractivity contribution in [3.8, 4) is 0 Å². The second kappa shape index (κ2) is 12.8. The summed E-state index contributed by atoms with van der Waals surface area (Å²) >= 11 is 1.79. The second-order valence-corrected chi connectivity index (χ2v) is 13.5. The van der Waals surface area contributed by atoms with Crippen LogP contribution in [0, 0.1) is 10.8 Å². The largest absolute Gasteiger partial charge is 0.395 e. The number of nitrogens with zero attached hydrogens (tertiary/aromatic N) is 1. The fourth-order valence-electron chi connectivity index (χ4n) is 5.90. The van der Waals surface area contributed by atoms with Gasteiger partial charge in [-0.15, -0.1) is 11.8 Å². The summed E-state index contributed by atoms with van der Waals surface area (Å²) in [6, 6.07) is 14.8. The topological polar surface area (TPSA) is 60.8 Å². The van der Waals surface area contributed by atoms with Crippen LogP contribution in [0.2, 0.25) is 0 Å². The highest BCUT2D eigenvalue weighted by molar-refractivity contribution is 8.00. The molecule has 2 aromatic carbocycles. The molecular weight excluding hydrogens is 490 g/mol. The maximum Gasteiger partial charge on any atom is 0.147 e. The molecule has 5 heteroatoms. The van der Waals surface area contributed by atoms with E-state index in [0.717, 1.165) is 17.7 Å². The van der Waals surface area contributed by atoms with E-state index in [4.69, 9.17) is 0 Å². The predicted molar refractivity (Wildman–Crippen MR) is 162 cm³/mol. The molecule has 2 aromatic rings. The Morgan fingerprint density at radius 3 is 2.00 bits per heavy atom. The number of hydrogen-bond donors (Lipinski definition) is 2. The maximum atomic E-state index is 13.7. The molecule has 0 radical (unpaired) electrons. The highest BCUT2D eigenvalue weighted by Gasteiger charge is 2.47. The summed E-state index contributed by atoms with van der Waals surface area (Å²) in [5.41, 5.74) is 4.37. The van der Waals surface area contributed by atoms with E-state index in [0.29, 0.717) is 37.1 Å². The van der Waals surface area contributed by atoms with Gasteiger partial charge in [-0.3, -0.25) is 4.79 Å². The van der Waals surface area contributed by atoms with Gasteiger partial charge in [-0.1, -0.05) is 91.0 Å². The molecule has 208 valence electrons. The molecule has 2 unspecified atom stereocenters. The van der Waals surface area contributed by atoms with Crippen LogP contribution in [-0.4, -0.2) is 47.5 Å². The number of allylic oxidation sites excluding steroid dienone is 1. The van der Waals surface area contributed by atoms with E-state index in [1.165, 1.54) is 16.0 Å². The minimum Gasteiger partial charge on any atom is -0.395 e. The van der Waals surface area contributed by atoms with E-state index >= 15 is 0 Å². The molecule has 0 amide bonds. The minimum atomic E-state index is -0.291. The Hall–Kier alpha value is -2.08. The molecule has 2 atom stereocenters. The first-order valence-corrected chi connectivity index (χ1v) is 14.9. The van der Waals surface area contributed by atoms with Crippen LogP contribution in [0.25, 0.3) is 6.08 Å². The molecule has 3 rings (SSSR count). The third kappa shape index (κ3) is 7.31. The van der Waals surface area contributed by atoms with Crippen LogP contribution in [0.15, 0.2) is 53.4 Å². The first-order chi connectivity index (χ1) is 17.9. The number of carbonyl (C=O) groups is 1. The van der Waals surface area contributed by atoms with E-state index in [2.05, 4.69) is 91.0 Å². The number of Topliss-reactive ketones (excluding diaryl/α,β-unsaturated/α-hetero) is 1. The van der Waals surface area contributed by atoms with Crippen molar-refractivity contribution in [1.82, 2.24) is 0 Å². The molecule has 0 saturated heterocycles. The minimum absolute atomic E-state index is 0.0430. The van der Waals surface area contributed by atoms with Gasteiger partial charge in [0.25, 0.3) is 0 Å². The normalized spacial score (nSPS) is 21.6. The Labute approximate surface area is 234 Å². The Morgan fingerprint density at radius 2 is 1.50 bits per heavy atom. The molecule has 0 bridgehead atoms. The zero-order chi connectivity index (χ0) is 28.1. The van der Waals surface area contributed by atoms with E-state index in [1.807, 2.05) is 17.0 Å².